The summed E-state index contributed by atoms with van der Waals surface area (Å²) in [4.78, 5) is 17.2. The van der Waals surface area contributed by atoms with Crippen LogP contribution in [-0.4, -0.2) is 26.7 Å². The average molecular weight is 336 g/mol. The van der Waals surface area contributed by atoms with E-state index in [0.717, 1.165) is 35.3 Å². The van der Waals surface area contributed by atoms with Crippen LogP contribution in [0.1, 0.15) is 40.7 Å². The number of pyridine rings is 1. The van der Waals surface area contributed by atoms with Crippen LogP contribution in [0, 0.1) is 13.8 Å². The molecule has 5 nitrogen and oxygen atoms in total. The fourth-order valence-corrected chi connectivity index (χ4v) is 3.06. The van der Waals surface area contributed by atoms with Crippen LogP contribution in [0.2, 0.25) is 0 Å². The van der Waals surface area contributed by atoms with E-state index < -0.39 is 0 Å². The molecule has 0 bridgehead atoms. The highest BCUT2D eigenvalue weighted by atomic mass is 16.1. The van der Waals surface area contributed by atoms with Gasteiger partial charge in [0.2, 0.25) is 0 Å². The van der Waals surface area contributed by atoms with Crippen molar-refractivity contribution in [1.29, 1.82) is 0 Å². The molecule has 130 valence electrons. The molecule has 25 heavy (non-hydrogen) atoms. The van der Waals surface area contributed by atoms with Crippen molar-refractivity contribution in [3.63, 3.8) is 0 Å². The third-order valence-corrected chi connectivity index (χ3v) is 4.52. The zero-order valence-electron chi connectivity index (χ0n) is 15.2. The Labute approximate surface area is 148 Å². The van der Waals surface area contributed by atoms with Crippen molar-refractivity contribution in [1.82, 2.24) is 20.1 Å². The highest BCUT2D eigenvalue weighted by Crippen LogP contribution is 2.19. The summed E-state index contributed by atoms with van der Waals surface area (Å²) in [5.74, 6) is -0.0734. The molecule has 5 heteroatoms. The lowest BCUT2D eigenvalue weighted by Crippen LogP contribution is -2.33. The van der Waals surface area contributed by atoms with E-state index in [1.165, 1.54) is 5.56 Å². The molecule has 1 aromatic carbocycles. The van der Waals surface area contributed by atoms with Gasteiger partial charge in [-0.1, -0.05) is 30.3 Å². The molecular formula is C20H24N4O. The van der Waals surface area contributed by atoms with Gasteiger partial charge >= 0.3 is 0 Å². The zero-order chi connectivity index (χ0) is 18.0. The highest BCUT2D eigenvalue weighted by Gasteiger charge is 2.16. The molecule has 0 unspecified atom stereocenters. The maximum absolute atomic E-state index is 12.7. The molecule has 0 aliphatic rings. The number of aromatic nitrogens is 3. The molecule has 0 radical (unpaired) electrons. The summed E-state index contributed by atoms with van der Waals surface area (Å²) >= 11 is 0. The van der Waals surface area contributed by atoms with Gasteiger partial charge in [-0.3, -0.25) is 9.48 Å². The molecule has 0 spiro atoms. The third-order valence-electron chi connectivity index (χ3n) is 4.52. The molecule has 0 saturated heterocycles. The van der Waals surface area contributed by atoms with Gasteiger partial charge in [-0.2, -0.15) is 5.10 Å². The van der Waals surface area contributed by atoms with Crippen LogP contribution in [0.25, 0.3) is 11.0 Å². The minimum Gasteiger partial charge on any atom is -0.350 e. The van der Waals surface area contributed by atoms with E-state index >= 15 is 0 Å². The van der Waals surface area contributed by atoms with Crippen LogP contribution in [0.5, 0.6) is 0 Å². The average Bonchev–Trinajstić information content (AvgIpc) is 2.86. The Kier molecular flexibility index (Phi) is 4.83. The second kappa shape index (κ2) is 7.05. The van der Waals surface area contributed by atoms with E-state index in [9.17, 15) is 4.79 Å². The Hall–Kier alpha value is -2.69. The van der Waals surface area contributed by atoms with Crippen LogP contribution >= 0.6 is 0 Å². The van der Waals surface area contributed by atoms with Gasteiger partial charge in [-0.05, 0) is 45.2 Å². The molecule has 0 fully saturated rings. The molecule has 0 aliphatic heterocycles. The van der Waals surface area contributed by atoms with Crippen LogP contribution in [0.15, 0.2) is 36.4 Å². The van der Waals surface area contributed by atoms with E-state index in [1.54, 1.807) is 4.68 Å². The molecule has 0 aliphatic carbocycles. The van der Waals surface area contributed by atoms with Gasteiger partial charge in [0.15, 0.2) is 5.65 Å². The van der Waals surface area contributed by atoms with Gasteiger partial charge in [0, 0.05) is 18.5 Å². The molecule has 2 aromatic heterocycles. The van der Waals surface area contributed by atoms with E-state index in [-0.39, 0.29) is 11.9 Å². The van der Waals surface area contributed by atoms with Crippen molar-refractivity contribution in [2.45, 2.75) is 39.7 Å². The molecule has 3 rings (SSSR count). The number of hydrogen-bond donors (Lipinski definition) is 1. The Morgan fingerprint density at radius 1 is 1.20 bits per heavy atom. The largest absolute Gasteiger partial charge is 0.350 e. The van der Waals surface area contributed by atoms with Crippen molar-refractivity contribution in [2.75, 3.05) is 0 Å². The smallest absolute Gasteiger partial charge is 0.253 e. The maximum Gasteiger partial charge on any atom is 0.253 e. The van der Waals surface area contributed by atoms with Crippen molar-refractivity contribution in [2.24, 2.45) is 7.05 Å². The fourth-order valence-electron chi connectivity index (χ4n) is 3.06. The molecule has 1 N–H and O–H groups in total. The normalized spacial score (nSPS) is 12.3. The van der Waals surface area contributed by atoms with Gasteiger partial charge in [0.1, 0.15) is 0 Å². The van der Waals surface area contributed by atoms with Crippen LogP contribution in [0.3, 0.4) is 0 Å². The Bertz CT molecular complexity index is 899. The predicted octanol–water partition coefficient (Wildman–Crippen LogP) is 3.34. The Morgan fingerprint density at radius 3 is 2.64 bits per heavy atom. The lowest BCUT2D eigenvalue weighted by atomic mass is 10.1. The van der Waals surface area contributed by atoms with E-state index in [4.69, 9.17) is 0 Å². The summed E-state index contributed by atoms with van der Waals surface area (Å²) in [5.41, 5.74) is 4.33. The molecule has 0 saturated carbocycles. The van der Waals surface area contributed by atoms with Gasteiger partial charge in [0.25, 0.3) is 5.91 Å². The minimum absolute atomic E-state index is 0.0734. The van der Waals surface area contributed by atoms with Crippen LogP contribution < -0.4 is 5.32 Å². The summed E-state index contributed by atoms with van der Waals surface area (Å²) < 4.78 is 1.75. The second-order valence-electron chi connectivity index (χ2n) is 6.60. The van der Waals surface area contributed by atoms with Crippen molar-refractivity contribution >= 4 is 16.9 Å². The number of rotatable bonds is 5. The summed E-state index contributed by atoms with van der Waals surface area (Å²) in [6.45, 7) is 5.84. The SMILES string of the molecule is Cc1nc2c(cc1C(=O)N[C@H](C)CCc1ccccc1)c(C)nn2C. The number of nitrogens with zero attached hydrogens (tertiary/aromatic N) is 3. The lowest BCUT2D eigenvalue weighted by Gasteiger charge is -2.15. The summed E-state index contributed by atoms with van der Waals surface area (Å²) in [7, 11) is 1.87. The summed E-state index contributed by atoms with van der Waals surface area (Å²) in [6, 6.07) is 12.3. The first kappa shape index (κ1) is 17.1. The van der Waals surface area contributed by atoms with Gasteiger partial charge in [-0.15, -0.1) is 0 Å². The quantitative estimate of drug-likeness (QED) is 0.777. The molecule has 2 heterocycles. The number of nitrogens with one attached hydrogen (secondary N) is 1. The predicted molar refractivity (Wildman–Crippen MR) is 99.7 cm³/mol. The monoisotopic (exact) mass is 336 g/mol. The lowest BCUT2D eigenvalue weighted by molar-refractivity contribution is 0.0937. The first-order valence-corrected chi connectivity index (χ1v) is 8.61. The molecule has 1 amide bonds. The number of amides is 1. The number of benzene rings is 1. The third kappa shape index (κ3) is 3.71. The van der Waals surface area contributed by atoms with Crippen molar-refractivity contribution in [3.8, 4) is 0 Å². The van der Waals surface area contributed by atoms with E-state index in [1.807, 2.05) is 52.1 Å². The Balaban J connectivity index is 1.71. The van der Waals surface area contributed by atoms with Crippen LogP contribution in [-0.2, 0) is 13.5 Å². The van der Waals surface area contributed by atoms with Gasteiger partial charge in [0.05, 0.1) is 17.0 Å². The van der Waals surface area contributed by atoms with E-state index in [0.29, 0.717) is 5.56 Å². The molecule has 3 aromatic rings. The summed E-state index contributed by atoms with van der Waals surface area (Å²) in [6.07, 6.45) is 1.84. The minimum atomic E-state index is -0.0734. The van der Waals surface area contributed by atoms with Crippen LogP contribution in [0.4, 0.5) is 0 Å². The number of hydrogen-bond acceptors (Lipinski definition) is 3. The topological polar surface area (TPSA) is 59.8 Å². The van der Waals surface area contributed by atoms with E-state index in [2.05, 4.69) is 27.5 Å². The first-order valence-electron chi connectivity index (χ1n) is 8.61. The molecular weight excluding hydrogens is 312 g/mol. The number of carbonyl (C=O) groups excluding carboxylic acids is 1. The number of carbonyl (C=O) groups is 1. The summed E-state index contributed by atoms with van der Waals surface area (Å²) in [5, 5.41) is 8.40. The second-order valence-corrected chi connectivity index (χ2v) is 6.60. The van der Waals surface area contributed by atoms with Crippen molar-refractivity contribution < 1.29 is 4.79 Å². The first-order chi connectivity index (χ1) is 12.0. The standard InChI is InChI=1S/C20H24N4O/c1-13(10-11-16-8-6-5-7-9-16)21-20(25)18-12-17-15(3)23-24(4)19(17)22-14(18)2/h5-9,12-13H,10-11H2,1-4H3,(H,21,25)/t13-/m1/s1. The Morgan fingerprint density at radius 2 is 1.92 bits per heavy atom. The highest BCUT2D eigenvalue weighted by molar-refractivity contribution is 5.98. The van der Waals surface area contributed by atoms with Crippen molar-refractivity contribution in [3.05, 3.63) is 58.9 Å². The van der Waals surface area contributed by atoms with Gasteiger partial charge in [-0.25, -0.2) is 4.98 Å². The number of aryl methyl sites for hydroxylation is 4. The fraction of sp³-hybridized carbons (Fsp3) is 0.350. The van der Waals surface area contributed by atoms with Gasteiger partial charge < -0.3 is 5.32 Å². The number of fused-ring (bicyclic) bond motifs is 1. The zero-order valence-corrected chi connectivity index (χ0v) is 15.2. The molecule has 1 atom stereocenters. The maximum atomic E-state index is 12.7.